The summed E-state index contributed by atoms with van der Waals surface area (Å²) in [6.45, 7) is 6.48. The molecule has 1 aliphatic heterocycles. The van der Waals surface area contributed by atoms with E-state index in [2.05, 4.69) is 24.9 Å². The van der Waals surface area contributed by atoms with Gasteiger partial charge in [-0.2, -0.15) is 0 Å². The van der Waals surface area contributed by atoms with Gasteiger partial charge >= 0.3 is 5.97 Å². The van der Waals surface area contributed by atoms with E-state index >= 15 is 0 Å². The summed E-state index contributed by atoms with van der Waals surface area (Å²) in [6, 6.07) is 22.3. The van der Waals surface area contributed by atoms with Crippen molar-refractivity contribution in [3.8, 4) is 0 Å². The van der Waals surface area contributed by atoms with Crippen molar-refractivity contribution in [2.24, 2.45) is 5.92 Å². The number of ether oxygens (including phenoxy) is 1. The Morgan fingerprint density at radius 1 is 0.952 bits per heavy atom. The number of esters is 1. The highest BCUT2D eigenvalue weighted by molar-refractivity contribution is 5.92. The van der Waals surface area contributed by atoms with Crippen LogP contribution in [-0.2, 0) is 32.0 Å². The fraction of sp³-hybridized carbons (Fsp3) is 0.371. The van der Waals surface area contributed by atoms with E-state index < -0.39 is 18.1 Å². The SMILES string of the molecule is COC(=O)[C@H](Cc1ccc2ccccc2c1)N1CC[C@@H](C)N(C(=O)Cc2ccc3ncccc3c2)[C@@H](CC(C)C)C1=O. The zero-order valence-electron chi connectivity index (χ0n) is 24.8. The van der Waals surface area contributed by atoms with Crippen molar-refractivity contribution in [1.29, 1.82) is 0 Å². The summed E-state index contributed by atoms with van der Waals surface area (Å²) in [5, 5.41) is 3.17. The van der Waals surface area contributed by atoms with Gasteiger partial charge < -0.3 is 14.5 Å². The third-order valence-corrected chi connectivity index (χ3v) is 8.26. The van der Waals surface area contributed by atoms with Gasteiger partial charge in [-0.05, 0) is 65.8 Å². The molecule has 0 unspecified atom stereocenters. The lowest BCUT2D eigenvalue weighted by molar-refractivity contribution is -0.155. The first-order chi connectivity index (χ1) is 20.2. The lowest BCUT2D eigenvalue weighted by Gasteiger charge is -2.36. The Bertz CT molecular complexity index is 1600. The Labute approximate surface area is 247 Å². The summed E-state index contributed by atoms with van der Waals surface area (Å²) in [5.41, 5.74) is 2.71. The van der Waals surface area contributed by atoms with Gasteiger partial charge in [0.25, 0.3) is 0 Å². The third kappa shape index (κ3) is 6.30. The van der Waals surface area contributed by atoms with Crippen molar-refractivity contribution in [3.05, 3.63) is 90.1 Å². The summed E-state index contributed by atoms with van der Waals surface area (Å²) < 4.78 is 5.23. The van der Waals surface area contributed by atoms with Crippen LogP contribution < -0.4 is 0 Å². The van der Waals surface area contributed by atoms with E-state index in [9.17, 15) is 14.4 Å². The van der Waals surface area contributed by atoms with Crippen LogP contribution >= 0.6 is 0 Å². The molecular formula is C35H39N3O4. The number of carbonyl (C=O) groups is 3. The van der Waals surface area contributed by atoms with Crippen LogP contribution in [-0.4, -0.2) is 64.3 Å². The maximum atomic E-state index is 14.3. The highest BCUT2D eigenvalue weighted by Gasteiger charge is 2.43. The minimum atomic E-state index is -0.784. The molecule has 3 atom stereocenters. The van der Waals surface area contributed by atoms with Gasteiger partial charge in [0, 0.05) is 30.6 Å². The molecule has 218 valence electrons. The first kappa shape index (κ1) is 29.2. The van der Waals surface area contributed by atoms with Crippen molar-refractivity contribution >= 4 is 39.5 Å². The minimum Gasteiger partial charge on any atom is -0.467 e. The second-order valence-corrected chi connectivity index (χ2v) is 11.7. The molecule has 2 amide bonds. The molecule has 1 saturated heterocycles. The summed E-state index contributed by atoms with van der Waals surface area (Å²) in [6.07, 6.45) is 3.36. The van der Waals surface area contributed by atoms with E-state index in [1.165, 1.54) is 7.11 Å². The second kappa shape index (κ2) is 12.7. The first-order valence-corrected chi connectivity index (χ1v) is 14.8. The van der Waals surface area contributed by atoms with E-state index in [-0.39, 0.29) is 30.2 Å². The molecule has 7 heteroatoms. The van der Waals surface area contributed by atoms with Gasteiger partial charge in [0.1, 0.15) is 12.1 Å². The van der Waals surface area contributed by atoms with Crippen LogP contribution in [0, 0.1) is 5.92 Å². The van der Waals surface area contributed by atoms with E-state index in [0.29, 0.717) is 25.8 Å². The lowest BCUT2D eigenvalue weighted by Crippen LogP contribution is -2.55. The van der Waals surface area contributed by atoms with Crippen molar-refractivity contribution < 1.29 is 19.1 Å². The van der Waals surface area contributed by atoms with Gasteiger partial charge in [-0.1, -0.05) is 68.4 Å². The molecule has 0 radical (unpaired) electrons. The third-order valence-electron chi connectivity index (χ3n) is 8.26. The van der Waals surface area contributed by atoms with Crippen LogP contribution in [0.4, 0.5) is 0 Å². The number of carbonyl (C=O) groups excluding carboxylic acids is 3. The number of aromatic nitrogens is 1. The van der Waals surface area contributed by atoms with Gasteiger partial charge in [-0.3, -0.25) is 14.6 Å². The van der Waals surface area contributed by atoms with Crippen molar-refractivity contribution in [2.45, 2.75) is 64.6 Å². The van der Waals surface area contributed by atoms with Crippen molar-refractivity contribution in [1.82, 2.24) is 14.8 Å². The molecule has 1 fully saturated rings. The number of nitrogens with zero attached hydrogens (tertiary/aromatic N) is 3. The lowest BCUT2D eigenvalue weighted by atomic mass is 9.97. The Morgan fingerprint density at radius 3 is 2.43 bits per heavy atom. The maximum Gasteiger partial charge on any atom is 0.328 e. The molecule has 0 N–H and O–H groups in total. The van der Waals surface area contributed by atoms with E-state index in [4.69, 9.17) is 4.74 Å². The molecule has 0 saturated carbocycles. The number of rotatable bonds is 8. The van der Waals surface area contributed by atoms with Gasteiger partial charge in [0.05, 0.1) is 19.0 Å². The zero-order chi connectivity index (χ0) is 29.8. The maximum absolute atomic E-state index is 14.3. The molecule has 1 aromatic heterocycles. The fourth-order valence-corrected chi connectivity index (χ4v) is 6.13. The van der Waals surface area contributed by atoms with Crippen molar-refractivity contribution in [3.63, 3.8) is 0 Å². The number of benzene rings is 3. The van der Waals surface area contributed by atoms with Crippen LogP contribution in [0.3, 0.4) is 0 Å². The molecule has 3 aromatic carbocycles. The normalized spacial score (nSPS) is 18.4. The van der Waals surface area contributed by atoms with E-state index in [1.54, 1.807) is 16.0 Å². The standard InChI is InChI=1S/C35H39N3O4/c1-23(2)18-31-34(40)37(32(35(41)42-4)21-25-11-13-27-8-5-6-9-28(27)19-25)17-15-24(3)38(31)33(39)22-26-12-14-30-29(20-26)10-7-16-36-30/h5-14,16,19-20,23-24,31-32H,15,17-18,21-22H2,1-4H3/t24-,31+,32+/m1/s1. The van der Waals surface area contributed by atoms with E-state index in [0.717, 1.165) is 32.8 Å². The van der Waals surface area contributed by atoms with Crippen LogP contribution in [0.1, 0.15) is 44.7 Å². The summed E-state index contributed by atoms with van der Waals surface area (Å²) in [4.78, 5) is 49.3. The quantitative estimate of drug-likeness (QED) is 0.261. The molecule has 42 heavy (non-hydrogen) atoms. The van der Waals surface area contributed by atoms with Gasteiger partial charge in [0.15, 0.2) is 0 Å². The smallest absolute Gasteiger partial charge is 0.328 e. The molecule has 0 spiro atoms. The van der Waals surface area contributed by atoms with Crippen LogP contribution in [0.15, 0.2) is 79.0 Å². The Morgan fingerprint density at radius 2 is 1.67 bits per heavy atom. The van der Waals surface area contributed by atoms with Crippen LogP contribution in [0.5, 0.6) is 0 Å². The van der Waals surface area contributed by atoms with E-state index in [1.807, 2.05) is 73.7 Å². The number of hydrogen-bond donors (Lipinski definition) is 0. The fourth-order valence-electron chi connectivity index (χ4n) is 6.13. The number of pyridine rings is 1. The van der Waals surface area contributed by atoms with Gasteiger partial charge in [0.2, 0.25) is 11.8 Å². The number of fused-ring (bicyclic) bond motifs is 2. The average Bonchev–Trinajstić information content (AvgIpc) is 3.10. The monoisotopic (exact) mass is 565 g/mol. The largest absolute Gasteiger partial charge is 0.467 e. The van der Waals surface area contributed by atoms with Crippen molar-refractivity contribution in [2.75, 3.05) is 13.7 Å². The predicted molar refractivity (Wildman–Crippen MR) is 165 cm³/mol. The summed E-state index contributed by atoms with van der Waals surface area (Å²) >= 11 is 0. The molecule has 0 bridgehead atoms. The zero-order valence-corrected chi connectivity index (χ0v) is 24.8. The number of hydrogen-bond acceptors (Lipinski definition) is 5. The highest BCUT2D eigenvalue weighted by Crippen LogP contribution is 2.27. The molecule has 5 rings (SSSR count). The van der Waals surface area contributed by atoms with Gasteiger partial charge in [-0.25, -0.2) is 4.79 Å². The highest BCUT2D eigenvalue weighted by atomic mass is 16.5. The average molecular weight is 566 g/mol. The molecule has 2 heterocycles. The Kier molecular flexibility index (Phi) is 8.86. The van der Waals surface area contributed by atoms with Gasteiger partial charge in [-0.15, -0.1) is 0 Å². The Hall–Kier alpha value is -4.26. The summed E-state index contributed by atoms with van der Waals surface area (Å²) in [5.74, 6) is -0.557. The second-order valence-electron chi connectivity index (χ2n) is 11.7. The molecule has 0 aliphatic carbocycles. The molecule has 1 aliphatic rings. The topological polar surface area (TPSA) is 79.8 Å². The minimum absolute atomic E-state index is 0.0873. The molecule has 4 aromatic rings. The summed E-state index contributed by atoms with van der Waals surface area (Å²) in [7, 11) is 1.36. The van der Waals surface area contributed by atoms with Crippen LogP contribution in [0.25, 0.3) is 21.7 Å². The number of methoxy groups -OCH3 is 1. The predicted octanol–water partition coefficient (Wildman–Crippen LogP) is 5.58. The molecular weight excluding hydrogens is 526 g/mol. The van der Waals surface area contributed by atoms with Crippen LogP contribution in [0.2, 0.25) is 0 Å². The first-order valence-electron chi connectivity index (χ1n) is 14.8. The number of amides is 2. The molecule has 7 nitrogen and oxygen atoms in total. The Balaban J connectivity index is 1.44.